The van der Waals surface area contributed by atoms with Crippen LogP contribution in [-0.2, 0) is 9.84 Å². The SMILES string of the molecule is CN(c1cccnn1)C1CCN(c2ccc([N+](=O)[O-])cc2S(C)(=O)=O)CC1. The predicted molar refractivity (Wildman–Crippen MR) is 102 cm³/mol. The van der Waals surface area contributed by atoms with Crippen molar-refractivity contribution in [1.82, 2.24) is 10.2 Å². The number of hydrogen-bond donors (Lipinski definition) is 0. The van der Waals surface area contributed by atoms with E-state index in [0.29, 0.717) is 18.8 Å². The minimum atomic E-state index is -3.59. The van der Waals surface area contributed by atoms with Crippen LogP contribution in [0.1, 0.15) is 12.8 Å². The fourth-order valence-electron chi connectivity index (χ4n) is 3.34. The number of nitro groups is 1. The molecule has 144 valence electrons. The molecule has 1 aliphatic rings. The summed E-state index contributed by atoms with van der Waals surface area (Å²) in [6.45, 7) is 1.30. The fraction of sp³-hybridized carbons (Fsp3) is 0.412. The molecule has 1 aromatic heterocycles. The van der Waals surface area contributed by atoms with Gasteiger partial charge in [0.15, 0.2) is 15.7 Å². The summed E-state index contributed by atoms with van der Waals surface area (Å²) in [5.74, 6) is 0.795. The molecule has 1 aromatic carbocycles. The molecule has 0 bridgehead atoms. The zero-order valence-electron chi connectivity index (χ0n) is 15.1. The molecule has 0 unspecified atom stereocenters. The van der Waals surface area contributed by atoms with Crippen LogP contribution < -0.4 is 9.80 Å². The summed E-state index contributed by atoms with van der Waals surface area (Å²) < 4.78 is 24.3. The lowest BCUT2D eigenvalue weighted by Gasteiger charge is -2.38. The Labute approximate surface area is 157 Å². The van der Waals surface area contributed by atoms with Crippen molar-refractivity contribution in [3.05, 3.63) is 46.6 Å². The van der Waals surface area contributed by atoms with E-state index in [2.05, 4.69) is 15.1 Å². The zero-order chi connectivity index (χ0) is 19.6. The molecule has 1 aliphatic heterocycles. The molecule has 0 spiro atoms. The largest absolute Gasteiger partial charge is 0.370 e. The second-order valence-corrected chi connectivity index (χ2v) is 8.58. The third-order valence-electron chi connectivity index (χ3n) is 4.83. The summed E-state index contributed by atoms with van der Waals surface area (Å²) in [5, 5.41) is 19.0. The Balaban J connectivity index is 1.79. The van der Waals surface area contributed by atoms with E-state index in [9.17, 15) is 18.5 Å². The first kappa shape index (κ1) is 19.0. The predicted octanol–water partition coefficient (Wildman–Crippen LogP) is 1.89. The average Bonchev–Trinajstić information content (AvgIpc) is 2.67. The number of sulfone groups is 1. The number of non-ortho nitro benzene ring substituents is 1. The molecule has 0 atom stereocenters. The fourth-order valence-corrected chi connectivity index (χ4v) is 4.25. The molecular formula is C17H21N5O4S. The highest BCUT2D eigenvalue weighted by Crippen LogP contribution is 2.32. The monoisotopic (exact) mass is 391 g/mol. The van der Waals surface area contributed by atoms with Crippen molar-refractivity contribution in [1.29, 1.82) is 0 Å². The summed E-state index contributed by atoms with van der Waals surface area (Å²) in [7, 11) is -1.62. The Hall–Kier alpha value is -2.75. The van der Waals surface area contributed by atoms with E-state index in [-0.39, 0.29) is 16.6 Å². The highest BCUT2D eigenvalue weighted by atomic mass is 32.2. The van der Waals surface area contributed by atoms with Crippen LogP contribution in [0.2, 0.25) is 0 Å². The number of benzene rings is 1. The molecule has 10 heteroatoms. The minimum Gasteiger partial charge on any atom is -0.370 e. The number of piperidine rings is 1. The number of hydrogen-bond acceptors (Lipinski definition) is 8. The number of anilines is 2. The van der Waals surface area contributed by atoms with Crippen LogP contribution in [0.3, 0.4) is 0 Å². The van der Waals surface area contributed by atoms with Gasteiger partial charge >= 0.3 is 0 Å². The van der Waals surface area contributed by atoms with E-state index in [1.165, 1.54) is 12.1 Å². The van der Waals surface area contributed by atoms with Crippen LogP contribution in [0, 0.1) is 10.1 Å². The van der Waals surface area contributed by atoms with Crippen molar-refractivity contribution in [3.8, 4) is 0 Å². The Morgan fingerprint density at radius 3 is 2.52 bits per heavy atom. The van der Waals surface area contributed by atoms with Gasteiger partial charge in [0.05, 0.1) is 15.5 Å². The molecule has 9 nitrogen and oxygen atoms in total. The second kappa shape index (κ2) is 7.47. The van der Waals surface area contributed by atoms with Crippen molar-refractivity contribution in [2.45, 2.75) is 23.8 Å². The summed E-state index contributed by atoms with van der Waals surface area (Å²) in [5.41, 5.74) is 0.292. The molecule has 0 aliphatic carbocycles. The van der Waals surface area contributed by atoms with Crippen molar-refractivity contribution in [2.24, 2.45) is 0 Å². The van der Waals surface area contributed by atoms with Gasteiger partial charge in [0.1, 0.15) is 0 Å². The zero-order valence-corrected chi connectivity index (χ0v) is 16.0. The van der Waals surface area contributed by atoms with E-state index >= 15 is 0 Å². The van der Waals surface area contributed by atoms with Crippen LogP contribution in [0.4, 0.5) is 17.2 Å². The highest BCUT2D eigenvalue weighted by Gasteiger charge is 2.27. The first-order valence-corrected chi connectivity index (χ1v) is 10.4. The third-order valence-corrected chi connectivity index (χ3v) is 5.95. The molecule has 27 heavy (non-hydrogen) atoms. The van der Waals surface area contributed by atoms with Crippen molar-refractivity contribution in [3.63, 3.8) is 0 Å². The number of nitrogens with zero attached hydrogens (tertiary/aromatic N) is 5. The van der Waals surface area contributed by atoms with E-state index in [1.807, 2.05) is 24.1 Å². The maximum atomic E-state index is 12.2. The van der Waals surface area contributed by atoms with Gasteiger partial charge < -0.3 is 9.80 Å². The number of rotatable bonds is 5. The standard InChI is InChI=1S/C17H21N5O4S/c1-20(17-4-3-9-18-19-17)13-7-10-21(11-8-13)15-6-5-14(22(23)24)12-16(15)27(2,25)26/h3-6,9,12-13H,7-8,10-11H2,1-2H3. The van der Waals surface area contributed by atoms with Gasteiger partial charge in [-0.15, -0.1) is 5.10 Å². The topological polar surface area (TPSA) is 110 Å². The van der Waals surface area contributed by atoms with Gasteiger partial charge in [-0.2, -0.15) is 5.10 Å². The second-order valence-electron chi connectivity index (χ2n) is 6.59. The van der Waals surface area contributed by atoms with Gasteiger partial charge in [0.2, 0.25) is 0 Å². The minimum absolute atomic E-state index is 0.00238. The van der Waals surface area contributed by atoms with E-state index in [0.717, 1.165) is 31.0 Å². The van der Waals surface area contributed by atoms with Crippen LogP contribution in [0.5, 0.6) is 0 Å². The Bertz CT molecular complexity index is 928. The number of aromatic nitrogens is 2. The van der Waals surface area contributed by atoms with Crippen LogP contribution >= 0.6 is 0 Å². The van der Waals surface area contributed by atoms with Crippen LogP contribution in [0.15, 0.2) is 41.4 Å². The van der Waals surface area contributed by atoms with E-state index < -0.39 is 14.8 Å². The lowest BCUT2D eigenvalue weighted by Crippen LogP contribution is -2.44. The molecule has 0 N–H and O–H groups in total. The molecule has 1 saturated heterocycles. The number of nitro benzene ring substituents is 1. The lowest BCUT2D eigenvalue weighted by molar-refractivity contribution is -0.385. The summed E-state index contributed by atoms with van der Waals surface area (Å²) in [4.78, 5) is 14.5. The smallest absolute Gasteiger partial charge is 0.270 e. The highest BCUT2D eigenvalue weighted by molar-refractivity contribution is 7.90. The first-order valence-electron chi connectivity index (χ1n) is 8.51. The maximum absolute atomic E-state index is 12.2. The van der Waals surface area contributed by atoms with Crippen LogP contribution in [0.25, 0.3) is 0 Å². The van der Waals surface area contributed by atoms with Gasteiger partial charge in [0, 0.05) is 50.8 Å². The van der Waals surface area contributed by atoms with Gasteiger partial charge in [0.25, 0.3) is 5.69 Å². The molecule has 2 heterocycles. The van der Waals surface area contributed by atoms with Gasteiger partial charge in [-0.3, -0.25) is 10.1 Å². The molecule has 0 saturated carbocycles. The normalized spacial score (nSPS) is 15.6. The average molecular weight is 391 g/mol. The summed E-state index contributed by atoms with van der Waals surface area (Å²) in [6.07, 6.45) is 4.33. The molecule has 1 fully saturated rings. The van der Waals surface area contributed by atoms with Gasteiger partial charge in [-0.25, -0.2) is 8.42 Å². The molecule has 3 rings (SSSR count). The Kier molecular flexibility index (Phi) is 5.26. The third kappa shape index (κ3) is 4.16. The van der Waals surface area contributed by atoms with Crippen LogP contribution in [-0.4, -0.2) is 56.0 Å². The van der Waals surface area contributed by atoms with Gasteiger partial charge in [-0.1, -0.05) is 0 Å². The summed E-state index contributed by atoms with van der Waals surface area (Å²) in [6, 6.07) is 8.02. The molecular weight excluding hydrogens is 370 g/mol. The lowest BCUT2D eigenvalue weighted by atomic mass is 10.0. The van der Waals surface area contributed by atoms with Crippen molar-refractivity contribution in [2.75, 3.05) is 36.2 Å². The quantitative estimate of drug-likeness (QED) is 0.561. The van der Waals surface area contributed by atoms with Gasteiger partial charge in [-0.05, 0) is 31.0 Å². The summed E-state index contributed by atoms with van der Waals surface area (Å²) >= 11 is 0. The molecule has 0 amide bonds. The molecule has 0 radical (unpaired) electrons. The Morgan fingerprint density at radius 1 is 1.26 bits per heavy atom. The Morgan fingerprint density at radius 2 is 1.96 bits per heavy atom. The van der Waals surface area contributed by atoms with E-state index in [1.54, 1.807) is 6.20 Å². The van der Waals surface area contributed by atoms with Crippen molar-refractivity contribution < 1.29 is 13.3 Å². The molecule has 2 aromatic rings. The van der Waals surface area contributed by atoms with E-state index in [4.69, 9.17) is 0 Å². The maximum Gasteiger partial charge on any atom is 0.270 e. The first-order chi connectivity index (χ1) is 12.8. The van der Waals surface area contributed by atoms with Crippen molar-refractivity contribution >= 4 is 27.0 Å².